The molecule has 0 aromatic carbocycles. The molecular weight excluding hydrogens is 190 g/mol. The van der Waals surface area contributed by atoms with Gasteiger partial charge in [0.25, 0.3) is 0 Å². The second kappa shape index (κ2) is 5.80. The molecule has 1 saturated heterocycles. The summed E-state index contributed by atoms with van der Waals surface area (Å²) in [7, 11) is 3.91. The minimum Gasteiger partial charge on any atom is -0.383 e. The van der Waals surface area contributed by atoms with E-state index < -0.39 is 0 Å². The zero-order chi connectivity index (χ0) is 11.3. The molecule has 0 amide bonds. The van der Waals surface area contributed by atoms with Gasteiger partial charge in [0.1, 0.15) is 0 Å². The van der Waals surface area contributed by atoms with Crippen molar-refractivity contribution in [2.24, 2.45) is 5.73 Å². The van der Waals surface area contributed by atoms with E-state index in [4.69, 9.17) is 10.5 Å². The third kappa shape index (κ3) is 3.41. The van der Waals surface area contributed by atoms with Crippen LogP contribution in [0.4, 0.5) is 0 Å². The first-order valence-corrected chi connectivity index (χ1v) is 5.78. The van der Waals surface area contributed by atoms with Gasteiger partial charge in [-0.2, -0.15) is 0 Å². The Morgan fingerprint density at radius 1 is 1.60 bits per heavy atom. The number of nitrogens with two attached hydrogens (primary N) is 1. The van der Waals surface area contributed by atoms with Crippen molar-refractivity contribution >= 4 is 0 Å². The van der Waals surface area contributed by atoms with Gasteiger partial charge in [-0.15, -0.1) is 0 Å². The predicted octanol–water partition coefficient (Wildman–Crippen LogP) is 0.0340. The Bertz CT molecular complexity index is 189. The zero-order valence-electron chi connectivity index (χ0n) is 10.3. The Morgan fingerprint density at radius 3 is 2.87 bits per heavy atom. The predicted molar refractivity (Wildman–Crippen MR) is 63.0 cm³/mol. The highest BCUT2D eigenvalue weighted by molar-refractivity contribution is 4.96. The largest absolute Gasteiger partial charge is 0.383 e. The van der Waals surface area contributed by atoms with Crippen LogP contribution in [0.1, 0.15) is 19.8 Å². The smallest absolute Gasteiger partial charge is 0.0587 e. The van der Waals surface area contributed by atoms with Crippen LogP contribution in [0.5, 0.6) is 0 Å². The van der Waals surface area contributed by atoms with Crippen molar-refractivity contribution in [1.29, 1.82) is 0 Å². The van der Waals surface area contributed by atoms with Gasteiger partial charge in [-0.3, -0.25) is 0 Å². The third-order valence-corrected chi connectivity index (χ3v) is 3.58. The Balaban J connectivity index is 2.45. The fraction of sp³-hybridized carbons (Fsp3) is 1.00. The average molecular weight is 215 g/mol. The Morgan fingerprint density at radius 2 is 2.33 bits per heavy atom. The van der Waals surface area contributed by atoms with Gasteiger partial charge in [-0.1, -0.05) is 0 Å². The van der Waals surface area contributed by atoms with Crippen LogP contribution >= 0.6 is 0 Å². The molecule has 1 rings (SSSR count). The molecule has 1 aliphatic rings. The zero-order valence-corrected chi connectivity index (χ0v) is 10.3. The van der Waals surface area contributed by atoms with Gasteiger partial charge in [-0.25, -0.2) is 0 Å². The summed E-state index contributed by atoms with van der Waals surface area (Å²) < 4.78 is 5.06. The maximum atomic E-state index is 5.91. The number of hydrogen-bond acceptors (Lipinski definition) is 4. The van der Waals surface area contributed by atoms with Crippen LogP contribution in [0.2, 0.25) is 0 Å². The minimum atomic E-state index is 0.129. The maximum Gasteiger partial charge on any atom is 0.0587 e. The lowest BCUT2D eigenvalue weighted by molar-refractivity contribution is 0.102. The molecule has 15 heavy (non-hydrogen) atoms. The first-order chi connectivity index (χ1) is 7.13. The van der Waals surface area contributed by atoms with Gasteiger partial charge >= 0.3 is 0 Å². The van der Waals surface area contributed by atoms with Crippen molar-refractivity contribution in [1.82, 2.24) is 10.2 Å². The first kappa shape index (κ1) is 12.9. The molecule has 90 valence electrons. The summed E-state index contributed by atoms with van der Waals surface area (Å²) in [6.45, 7) is 5.75. The molecule has 2 atom stereocenters. The molecule has 0 aliphatic carbocycles. The van der Waals surface area contributed by atoms with E-state index in [0.717, 1.165) is 39.1 Å². The summed E-state index contributed by atoms with van der Waals surface area (Å²) in [4.78, 5) is 2.39. The molecule has 0 radical (unpaired) electrons. The molecule has 0 saturated carbocycles. The van der Waals surface area contributed by atoms with Gasteiger partial charge in [0.05, 0.1) is 6.61 Å². The molecule has 1 heterocycles. The number of rotatable bonds is 5. The van der Waals surface area contributed by atoms with E-state index in [-0.39, 0.29) is 5.54 Å². The fourth-order valence-corrected chi connectivity index (χ4v) is 2.27. The lowest BCUT2D eigenvalue weighted by atomic mass is 9.84. The van der Waals surface area contributed by atoms with Crippen LogP contribution in [-0.2, 0) is 4.74 Å². The van der Waals surface area contributed by atoms with Crippen LogP contribution in [0.3, 0.4) is 0 Å². The second-order valence-electron chi connectivity index (χ2n) is 4.69. The van der Waals surface area contributed by atoms with Crippen molar-refractivity contribution < 1.29 is 4.74 Å². The summed E-state index contributed by atoms with van der Waals surface area (Å²) in [6, 6.07) is 0.609. The average Bonchev–Trinajstić information content (AvgIpc) is 2.24. The number of piperidine rings is 1. The van der Waals surface area contributed by atoms with Gasteiger partial charge in [0.2, 0.25) is 0 Å². The van der Waals surface area contributed by atoms with Gasteiger partial charge < -0.3 is 20.7 Å². The monoisotopic (exact) mass is 215 g/mol. The number of hydrogen-bond donors (Lipinski definition) is 2. The highest BCUT2D eigenvalue weighted by Crippen LogP contribution is 2.24. The van der Waals surface area contributed by atoms with Crippen molar-refractivity contribution in [2.75, 3.05) is 40.4 Å². The standard InChI is InChI=1S/C11H25N3O/c1-10-8-11(9-12,4-6-14(10)2)13-5-7-15-3/h10,13H,4-9,12H2,1-3H3. The molecule has 3 N–H and O–H groups in total. The Kier molecular flexibility index (Phi) is 4.99. The van der Waals surface area contributed by atoms with Crippen LogP contribution in [0.25, 0.3) is 0 Å². The summed E-state index contributed by atoms with van der Waals surface area (Å²) >= 11 is 0. The molecule has 2 unspecified atom stereocenters. The van der Waals surface area contributed by atoms with E-state index in [9.17, 15) is 0 Å². The van der Waals surface area contributed by atoms with Crippen molar-refractivity contribution in [3.63, 3.8) is 0 Å². The normalized spacial score (nSPS) is 33.2. The summed E-state index contributed by atoms with van der Waals surface area (Å²) in [5, 5.41) is 3.56. The van der Waals surface area contributed by atoms with Crippen molar-refractivity contribution in [2.45, 2.75) is 31.3 Å². The van der Waals surface area contributed by atoms with Gasteiger partial charge in [0.15, 0.2) is 0 Å². The van der Waals surface area contributed by atoms with Gasteiger partial charge in [-0.05, 0) is 33.4 Å². The lowest BCUT2D eigenvalue weighted by Crippen LogP contribution is -2.60. The Hall–Kier alpha value is -0.160. The molecule has 0 bridgehead atoms. The number of likely N-dealkylation sites (tertiary alicyclic amines) is 1. The summed E-state index contributed by atoms with van der Waals surface area (Å²) in [5.41, 5.74) is 6.04. The highest BCUT2D eigenvalue weighted by atomic mass is 16.5. The number of nitrogens with zero attached hydrogens (tertiary/aromatic N) is 1. The molecule has 0 aromatic rings. The maximum absolute atomic E-state index is 5.91. The molecule has 1 aliphatic heterocycles. The van der Waals surface area contributed by atoms with Crippen LogP contribution in [-0.4, -0.2) is 56.9 Å². The number of ether oxygens (including phenoxy) is 1. The summed E-state index contributed by atoms with van der Waals surface area (Å²) in [6.07, 6.45) is 2.26. The minimum absolute atomic E-state index is 0.129. The Labute approximate surface area is 93.1 Å². The molecule has 4 nitrogen and oxygen atoms in total. The summed E-state index contributed by atoms with van der Waals surface area (Å²) in [5.74, 6) is 0. The van der Waals surface area contributed by atoms with E-state index in [1.54, 1.807) is 7.11 Å². The first-order valence-electron chi connectivity index (χ1n) is 5.78. The van der Waals surface area contributed by atoms with E-state index in [1.165, 1.54) is 0 Å². The van der Waals surface area contributed by atoms with E-state index in [0.29, 0.717) is 6.04 Å². The van der Waals surface area contributed by atoms with Crippen LogP contribution < -0.4 is 11.1 Å². The fourth-order valence-electron chi connectivity index (χ4n) is 2.27. The van der Waals surface area contributed by atoms with E-state index in [2.05, 4.69) is 24.2 Å². The lowest BCUT2D eigenvalue weighted by Gasteiger charge is -2.44. The SMILES string of the molecule is COCCNC1(CN)CCN(C)C(C)C1. The molecule has 1 fully saturated rings. The van der Waals surface area contributed by atoms with E-state index >= 15 is 0 Å². The molecular formula is C11H25N3O. The van der Waals surface area contributed by atoms with Crippen molar-refractivity contribution in [3.05, 3.63) is 0 Å². The second-order valence-corrected chi connectivity index (χ2v) is 4.69. The van der Waals surface area contributed by atoms with Crippen molar-refractivity contribution in [3.8, 4) is 0 Å². The topological polar surface area (TPSA) is 50.5 Å². The van der Waals surface area contributed by atoms with E-state index in [1.807, 2.05) is 0 Å². The van der Waals surface area contributed by atoms with Gasteiger partial charge in [0, 0.05) is 31.8 Å². The number of nitrogens with one attached hydrogen (secondary N) is 1. The highest BCUT2D eigenvalue weighted by Gasteiger charge is 2.35. The third-order valence-electron chi connectivity index (χ3n) is 3.58. The van der Waals surface area contributed by atoms with Crippen LogP contribution in [0.15, 0.2) is 0 Å². The molecule has 0 spiro atoms. The van der Waals surface area contributed by atoms with Crippen LogP contribution in [0, 0.1) is 0 Å². The molecule has 0 aromatic heterocycles. The molecule has 4 heteroatoms. The number of methoxy groups -OCH3 is 1. The quantitative estimate of drug-likeness (QED) is 0.636.